The standard InChI is InChI=1S/C11H12N2/c12-8-4-3-6-10-5-1-2-7-11(10)9-13/h1-3,5-7H,4,9,13H2. The molecule has 13 heavy (non-hydrogen) atoms. The monoisotopic (exact) mass is 172 g/mol. The van der Waals surface area contributed by atoms with Crippen molar-refractivity contribution in [2.24, 2.45) is 5.73 Å². The number of hydrogen-bond acceptors (Lipinski definition) is 2. The molecular weight excluding hydrogens is 160 g/mol. The molecule has 2 nitrogen and oxygen atoms in total. The smallest absolute Gasteiger partial charge is 0.0663 e. The van der Waals surface area contributed by atoms with Gasteiger partial charge in [0.15, 0.2) is 0 Å². The topological polar surface area (TPSA) is 49.8 Å². The van der Waals surface area contributed by atoms with Crippen LogP contribution in [0.5, 0.6) is 0 Å². The molecule has 0 bridgehead atoms. The first kappa shape index (κ1) is 9.50. The van der Waals surface area contributed by atoms with Crippen LogP contribution in [0.4, 0.5) is 0 Å². The number of nitrogens with zero attached hydrogens (tertiary/aromatic N) is 1. The molecule has 0 fully saturated rings. The van der Waals surface area contributed by atoms with Gasteiger partial charge in [0.25, 0.3) is 0 Å². The van der Waals surface area contributed by atoms with E-state index in [-0.39, 0.29) is 0 Å². The maximum Gasteiger partial charge on any atom is 0.0663 e. The number of rotatable bonds is 3. The summed E-state index contributed by atoms with van der Waals surface area (Å²) in [5.41, 5.74) is 7.76. The molecule has 1 aromatic carbocycles. The third-order valence-corrected chi connectivity index (χ3v) is 1.78. The Kier molecular flexibility index (Phi) is 3.74. The van der Waals surface area contributed by atoms with Crippen molar-refractivity contribution in [3.05, 3.63) is 41.5 Å². The fraction of sp³-hybridized carbons (Fsp3) is 0.182. The van der Waals surface area contributed by atoms with Gasteiger partial charge in [0.1, 0.15) is 0 Å². The molecular formula is C11H12N2. The lowest BCUT2D eigenvalue weighted by molar-refractivity contribution is 1.07. The molecule has 0 aliphatic rings. The van der Waals surface area contributed by atoms with Crippen LogP contribution in [0.1, 0.15) is 17.5 Å². The zero-order chi connectivity index (χ0) is 9.52. The van der Waals surface area contributed by atoms with Crippen molar-refractivity contribution >= 4 is 6.08 Å². The summed E-state index contributed by atoms with van der Waals surface area (Å²) >= 11 is 0. The van der Waals surface area contributed by atoms with Gasteiger partial charge in [-0.2, -0.15) is 5.26 Å². The van der Waals surface area contributed by atoms with Crippen molar-refractivity contribution < 1.29 is 0 Å². The average Bonchev–Trinajstić information content (AvgIpc) is 2.19. The fourth-order valence-corrected chi connectivity index (χ4v) is 1.12. The summed E-state index contributed by atoms with van der Waals surface area (Å²) in [7, 11) is 0. The van der Waals surface area contributed by atoms with Crippen LogP contribution in [-0.4, -0.2) is 0 Å². The highest BCUT2D eigenvalue weighted by atomic mass is 14.5. The van der Waals surface area contributed by atoms with Crippen LogP contribution in [0.15, 0.2) is 30.3 Å². The molecule has 0 amide bonds. The molecule has 66 valence electrons. The maximum atomic E-state index is 8.34. The fourth-order valence-electron chi connectivity index (χ4n) is 1.12. The minimum absolute atomic E-state index is 0.443. The van der Waals surface area contributed by atoms with E-state index in [1.165, 1.54) is 0 Å². The summed E-state index contributed by atoms with van der Waals surface area (Å²) in [5, 5.41) is 8.34. The second-order valence-corrected chi connectivity index (χ2v) is 2.67. The van der Waals surface area contributed by atoms with Crippen molar-refractivity contribution in [1.29, 1.82) is 5.26 Å². The Hall–Kier alpha value is -1.59. The van der Waals surface area contributed by atoms with Crippen LogP contribution >= 0.6 is 0 Å². The zero-order valence-corrected chi connectivity index (χ0v) is 7.40. The van der Waals surface area contributed by atoms with Crippen molar-refractivity contribution in [1.82, 2.24) is 0 Å². The van der Waals surface area contributed by atoms with Gasteiger partial charge in [-0.25, -0.2) is 0 Å². The van der Waals surface area contributed by atoms with Crippen LogP contribution in [-0.2, 0) is 6.54 Å². The SMILES string of the molecule is N#CCC=Cc1ccccc1CN. The molecule has 1 rings (SSSR count). The molecule has 0 aliphatic carbocycles. The molecule has 0 unspecified atom stereocenters. The number of hydrogen-bond donors (Lipinski definition) is 1. The summed E-state index contributed by atoms with van der Waals surface area (Å²) in [6.07, 6.45) is 4.22. The summed E-state index contributed by atoms with van der Waals surface area (Å²) in [5.74, 6) is 0. The normalized spacial score (nSPS) is 10.2. The minimum Gasteiger partial charge on any atom is -0.326 e. The van der Waals surface area contributed by atoms with E-state index < -0.39 is 0 Å². The Labute approximate surface area is 78.3 Å². The molecule has 0 atom stereocenters. The largest absolute Gasteiger partial charge is 0.326 e. The molecule has 2 heteroatoms. The summed E-state index contributed by atoms with van der Waals surface area (Å²) in [6.45, 7) is 0.535. The van der Waals surface area contributed by atoms with Gasteiger partial charge < -0.3 is 5.73 Å². The van der Waals surface area contributed by atoms with Gasteiger partial charge in [0.2, 0.25) is 0 Å². The highest BCUT2D eigenvalue weighted by molar-refractivity contribution is 5.53. The van der Waals surface area contributed by atoms with Crippen molar-refractivity contribution in [3.8, 4) is 6.07 Å². The quantitative estimate of drug-likeness (QED) is 0.758. The maximum absolute atomic E-state index is 8.34. The van der Waals surface area contributed by atoms with E-state index in [1.807, 2.05) is 36.4 Å². The molecule has 1 aromatic rings. The van der Waals surface area contributed by atoms with Crippen LogP contribution in [0.2, 0.25) is 0 Å². The lowest BCUT2D eigenvalue weighted by atomic mass is 10.1. The first-order valence-electron chi connectivity index (χ1n) is 4.20. The average molecular weight is 172 g/mol. The second kappa shape index (κ2) is 5.13. The molecule has 0 heterocycles. The Morgan fingerprint density at radius 3 is 2.85 bits per heavy atom. The van der Waals surface area contributed by atoms with Gasteiger partial charge in [-0.1, -0.05) is 36.4 Å². The van der Waals surface area contributed by atoms with E-state index in [4.69, 9.17) is 11.0 Å². The second-order valence-electron chi connectivity index (χ2n) is 2.67. The van der Waals surface area contributed by atoms with Crippen LogP contribution < -0.4 is 5.73 Å². The van der Waals surface area contributed by atoms with Gasteiger partial charge in [0, 0.05) is 6.54 Å². The van der Waals surface area contributed by atoms with E-state index in [0.29, 0.717) is 13.0 Å². The first-order chi connectivity index (χ1) is 6.38. The first-order valence-corrected chi connectivity index (χ1v) is 4.20. The lowest BCUT2D eigenvalue weighted by Crippen LogP contribution is -1.97. The number of benzene rings is 1. The van der Waals surface area contributed by atoms with Crippen LogP contribution in [0.25, 0.3) is 6.08 Å². The zero-order valence-electron chi connectivity index (χ0n) is 7.40. The van der Waals surface area contributed by atoms with Crippen LogP contribution in [0.3, 0.4) is 0 Å². The summed E-state index contributed by atoms with van der Waals surface area (Å²) < 4.78 is 0. The predicted molar refractivity (Wildman–Crippen MR) is 53.6 cm³/mol. The third-order valence-electron chi connectivity index (χ3n) is 1.78. The van der Waals surface area contributed by atoms with Crippen LogP contribution in [0, 0.1) is 11.3 Å². The molecule has 0 aliphatic heterocycles. The van der Waals surface area contributed by atoms with Crippen molar-refractivity contribution in [3.63, 3.8) is 0 Å². The van der Waals surface area contributed by atoms with Crippen molar-refractivity contribution in [2.75, 3.05) is 0 Å². The number of nitriles is 1. The molecule has 0 saturated carbocycles. The van der Waals surface area contributed by atoms with Crippen molar-refractivity contribution in [2.45, 2.75) is 13.0 Å². The highest BCUT2D eigenvalue weighted by Gasteiger charge is 1.93. The van der Waals surface area contributed by atoms with Gasteiger partial charge in [-0.3, -0.25) is 0 Å². The van der Waals surface area contributed by atoms with E-state index in [9.17, 15) is 0 Å². The molecule has 0 saturated heterocycles. The summed E-state index contributed by atoms with van der Waals surface area (Å²) in [4.78, 5) is 0. The predicted octanol–water partition coefficient (Wildman–Crippen LogP) is 2.07. The Morgan fingerprint density at radius 2 is 2.15 bits per heavy atom. The van der Waals surface area contributed by atoms with Gasteiger partial charge in [0.05, 0.1) is 12.5 Å². The van der Waals surface area contributed by atoms with E-state index in [2.05, 4.69) is 6.07 Å². The van der Waals surface area contributed by atoms with E-state index in [1.54, 1.807) is 0 Å². The summed E-state index contributed by atoms with van der Waals surface area (Å²) in [6, 6.07) is 9.97. The number of nitrogens with two attached hydrogens (primary N) is 1. The Morgan fingerprint density at radius 1 is 1.38 bits per heavy atom. The highest BCUT2D eigenvalue weighted by Crippen LogP contribution is 2.09. The van der Waals surface area contributed by atoms with Gasteiger partial charge in [-0.15, -0.1) is 0 Å². The lowest BCUT2D eigenvalue weighted by Gasteiger charge is -2.00. The molecule has 2 N–H and O–H groups in total. The molecule has 0 radical (unpaired) electrons. The van der Waals surface area contributed by atoms with Gasteiger partial charge in [-0.05, 0) is 11.1 Å². The Balaban J connectivity index is 2.82. The Bertz CT molecular complexity index is 334. The van der Waals surface area contributed by atoms with E-state index in [0.717, 1.165) is 11.1 Å². The molecule has 0 spiro atoms. The third kappa shape index (κ3) is 2.73. The molecule has 0 aromatic heterocycles. The van der Waals surface area contributed by atoms with Gasteiger partial charge >= 0.3 is 0 Å². The number of allylic oxidation sites excluding steroid dienone is 1. The minimum atomic E-state index is 0.443. The van der Waals surface area contributed by atoms with E-state index >= 15 is 0 Å².